The number of benzene rings is 2. The Kier molecular flexibility index (Phi) is 6.54. The molecule has 2 aromatic rings. The fourth-order valence-electron chi connectivity index (χ4n) is 3.20. The van der Waals surface area contributed by atoms with Gasteiger partial charge in [0.1, 0.15) is 5.82 Å². The third-order valence-corrected chi connectivity index (χ3v) is 4.75. The maximum absolute atomic E-state index is 13.7. The Bertz CT molecular complexity index is 774. The Hall–Kier alpha value is -2.73. The van der Waals surface area contributed by atoms with Crippen molar-refractivity contribution in [3.63, 3.8) is 0 Å². The summed E-state index contributed by atoms with van der Waals surface area (Å²) in [6.07, 6.45) is 1.34. The van der Waals surface area contributed by atoms with E-state index in [1.54, 1.807) is 12.1 Å². The number of hydrogen-bond acceptors (Lipinski definition) is 3. The van der Waals surface area contributed by atoms with E-state index in [1.807, 2.05) is 35.2 Å². The molecule has 5 nitrogen and oxygen atoms in total. The number of piperidine rings is 1. The Morgan fingerprint density at radius 3 is 2.37 bits per heavy atom. The topological polar surface area (TPSA) is 61.4 Å². The molecule has 0 saturated carbocycles. The Morgan fingerprint density at radius 1 is 1.00 bits per heavy atom. The smallest absolute Gasteiger partial charge is 0.254 e. The normalized spacial score (nSPS) is 14.8. The number of halogens is 1. The average Bonchev–Trinajstić information content (AvgIpc) is 2.69. The lowest BCUT2D eigenvalue weighted by atomic mass is 10.0. The van der Waals surface area contributed by atoms with Crippen LogP contribution in [0.3, 0.4) is 0 Å². The van der Waals surface area contributed by atoms with Gasteiger partial charge in [0.05, 0.1) is 12.1 Å². The highest BCUT2D eigenvalue weighted by atomic mass is 19.1. The monoisotopic (exact) mass is 369 g/mol. The van der Waals surface area contributed by atoms with Crippen LogP contribution in [0.4, 0.5) is 4.39 Å². The van der Waals surface area contributed by atoms with E-state index in [4.69, 9.17) is 0 Å². The number of likely N-dealkylation sites (tertiary alicyclic amines) is 1. The van der Waals surface area contributed by atoms with Gasteiger partial charge in [-0.05, 0) is 30.5 Å². The van der Waals surface area contributed by atoms with Gasteiger partial charge in [-0.3, -0.25) is 9.59 Å². The molecule has 1 aliphatic rings. The van der Waals surface area contributed by atoms with Gasteiger partial charge < -0.3 is 15.5 Å². The second-order valence-corrected chi connectivity index (χ2v) is 6.70. The standard InChI is InChI=1S/C21H24FN3O2/c22-19-9-5-4-8-18(19)21(27)24-17-10-12-25(13-11-17)20(26)15-23-14-16-6-2-1-3-7-16/h1-9,17,23H,10-15H2,(H,24,27). The molecule has 0 aliphatic carbocycles. The summed E-state index contributed by atoms with van der Waals surface area (Å²) >= 11 is 0. The molecule has 3 rings (SSSR count). The molecule has 2 aromatic carbocycles. The fraction of sp³-hybridized carbons (Fsp3) is 0.333. The maximum atomic E-state index is 13.7. The molecule has 2 N–H and O–H groups in total. The van der Waals surface area contributed by atoms with Gasteiger partial charge in [0.15, 0.2) is 0 Å². The van der Waals surface area contributed by atoms with Gasteiger partial charge in [-0.25, -0.2) is 4.39 Å². The predicted molar refractivity (Wildman–Crippen MR) is 102 cm³/mol. The van der Waals surface area contributed by atoms with Crippen LogP contribution in [-0.4, -0.2) is 42.4 Å². The van der Waals surface area contributed by atoms with Gasteiger partial charge in [-0.1, -0.05) is 42.5 Å². The third kappa shape index (κ3) is 5.37. The van der Waals surface area contributed by atoms with E-state index in [9.17, 15) is 14.0 Å². The Labute approximate surface area is 158 Å². The first-order valence-electron chi connectivity index (χ1n) is 9.21. The summed E-state index contributed by atoms with van der Waals surface area (Å²) in [7, 11) is 0. The van der Waals surface area contributed by atoms with Crippen LogP contribution in [0.15, 0.2) is 54.6 Å². The van der Waals surface area contributed by atoms with Gasteiger partial charge in [0.2, 0.25) is 5.91 Å². The van der Waals surface area contributed by atoms with Crippen molar-refractivity contribution in [3.8, 4) is 0 Å². The Morgan fingerprint density at radius 2 is 1.67 bits per heavy atom. The summed E-state index contributed by atoms with van der Waals surface area (Å²) in [5.74, 6) is -0.862. The number of nitrogens with zero attached hydrogens (tertiary/aromatic N) is 1. The number of hydrogen-bond donors (Lipinski definition) is 2. The lowest BCUT2D eigenvalue weighted by Crippen LogP contribution is -2.48. The molecular weight excluding hydrogens is 345 g/mol. The molecule has 142 valence electrons. The van der Waals surface area contributed by atoms with Crippen molar-refractivity contribution in [1.82, 2.24) is 15.5 Å². The van der Waals surface area contributed by atoms with E-state index in [2.05, 4.69) is 10.6 Å². The van der Waals surface area contributed by atoms with Crippen LogP contribution < -0.4 is 10.6 Å². The van der Waals surface area contributed by atoms with Crippen LogP contribution in [0.5, 0.6) is 0 Å². The summed E-state index contributed by atoms with van der Waals surface area (Å²) < 4.78 is 13.7. The summed E-state index contributed by atoms with van der Waals surface area (Å²) in [5, 5.41) is 6.03. The first-order chi connectivity index (χ1) is 13.1. The molecule has 6 heteroatoms. The van der Waals surface area contributed by atoms with E-state index in [1.165, 1.54) is 12.1 Å². The zero-order chi connectivity index (χ0) is 19.1. The van der Waals surface area contributed by atoms with Crippen LogP contribution in [0.1, 0.15) is 28.8 Å². The second kappa shape index (κ2) is 9.28. The number of nitrogens with one attached hydrogen (secondary N) is 2. The van der Waals surface area contributed by atoms with Crippen LogP contribution in [0, 0.1) is 5.82 Å². The number of amides is 2. The summed E-state index contributed by atoms with van der Waals surface area (Å²) in [4.78, 5) is 26.3. The number of carbonyl (C=O) groups is 2. The van der Waals surface area contributed by atoms with Gasteiger partial charge in [0, 0.05) is 25.7 Å². The van der Waals surface area contributed by atoms with E-state index in [-0.39, 0.29) is 17.5 Å². The number of rotatable bonds is 6. The van der Waals surface area contributed by atoms with Crippen molar-refractivity contribution in [3.05, 3.63) is 71.5 Å². The van der Waals surface area contributed by atoms with Gasteiger partial charge >= 0.3 is 0 Å². The predicted octanol–water partition coefficient (Wildman–Crippen LogP) is 2.34. The Balaban J connectivity index is 1.40. The van der Waals surface area contributed by atoms with Crippen molar-refractivity contribution < 1.29 is 14.0 Å². The molecule has 27 heavy (non-hydrogen) atoms. The fourth-order valence-corrected chi connectivity index (χ4v) is 3.20. The molecule has 0 aromatic heterocycles. The van der Waals surface area contributed by atoms with Crippen molar-refractivity contribution >= 4 is 11.8 Å². The van der Waals surface area contributed by atoms with Gasteiger partial charge in [0.25, 0.3) is 5.91 Å². The zero-order valence-corrected chi connectivity index (χ0v) is 15.2. The molecule has 2 amide bonds. The molecular formula is C21H24FN3O2. The minimum Gasteiger partial charge on any atom is -0.349 e. The van der Waals surface area contributed by atoms with E-state index in [0.717, 1.165) is 5.56 Å². The van der Waals surface area contributed by atoms with E-state index < -0.39 is 11.7 Å². The maximum Gasteiger partial charge on any atom is 0.254 e. The summed E-state index contributed by atoms with van der Waals surface area (Å²) in [6, 6.07) is 15.8. The van der Waals surface area contributed by atoms with Crippen LogP contribution >= 0.6 is 0 Å². The molecule has 0 spiro atoms. The highest BCUT2D eigenvalue weighted by molar-refractivity contribution is 5.94. The van der Waals surface area contributed by atoms with Crippen LogP contribution in [-0.2, 0) is 11.3 Å². The SMILES string of the molecule is O=C(NC1CCN(C(=O)CNCc2ccccc2)CC1)c1ccccc1F. The van der Waals surface area contributed by atoms with E-state index in [0.29, 0.717) is 39.0 Å². The first kappa shape index (κ1) is 19.0. The van der Waals surface area contributed by atoms with Crippen molar-refractivity contribution in [2.45, 2.75) is 25.4 Å². The largest absolute Gasteiger partial charge is 0.349 e. The number of carbonyl (C=O) groups excluding carboxylic acids is 2. The lowest BCUT2D eigenvalue weighted by Gasteiger charge is -2.32. The average molecular weight is 369 g/mol. The molecule has 0 radical (unpaired) electrons. The minimum absolute atomic E-state index is 0.0431. The molecule has 1 fully saturated rings. The van der Waals surface area contributed by atoms with E-state index >= 15 is 0 Å². The molecule has 1 heterocycles. The molecule has 1 aliphatic heterocycles. The summed E-state index contributed by atoms with van der Waals surface area (Å²) in [5.41, 5.74) is 1.20. The zero-order valence-electron chi connectivity index (χ0n) is 15.2. The molecule has 1 saturated heterocycles. The van der Waals surface area contributed by atoms with Crippen LogP contribution in [0.25, 0.3) is 0 Å². The van der Waals surface area contributed by atoms with Crippen molar-refractivity contribution in [1.29, 1.82) is 0 Å². The molecule has 0 bridgehead atoms. The highest BCUT2D eigenvalue weighted by Crippen LogP contribution is 2.13. The van der Waals surface area contributed by atoms with Gasteiger partial charge in [-0.2, -0.15) is 0 Å². The van der Waals surface area contributed by atoms with Gasteiger partial charge in [-0.15, -0.1) is 0 Å². The van der Waals surface area contributed by atoms with Crippen LogP contribution in [0.2, 0.25) is 0 Å². The first-order valence-corrected chi connectivity index (χ1v) is 9.21. The minimum atomic E-state index is -0.521. The molecule has 0 unspecified atom stereocenters. The van der Waals surface area contributed by atoms with Crippen molar-refractivity contribution in [2.24, 2.45) is 0 Å². The van der Waals surface area contributed by atoms with Crippen molar-refractivity contribution in [2.75, 3.05) is 19.6 Å². The molecule has 0 atom stereocenters. The lowest BCUT2D eigenvalue weighted by molar-refractivity contribution is -0.131. The quantitative estimate of drug-likeness (QED) is 0.822. The highest BCUT2D eigenvalue weighted by Gasteiger charge is 2.24. The second-order valence-electron chi connectivity index (χ2n) is 6.70. The summed E-state index contributed by atoms with van der Waals surface area (Å²) in [6.45, 7) is 2.13. The third-order valence-electron chi connectivity index (χ3n) is 4.75.